The summed E-state index contributed by atoms with van der Waals surface area (Å²) in [6.07, 6.45) is 0. The molecule has 4 nitrogen and oxygen atoms in total. The van der Waals surface area contributed by atoms with Crippen molar-refractivity contribution < 1.29 is 4.79 Å². The van der Waals surface area contributed by atoms with Crippen LogP contribution in [0.5, 0.6) is 0 Å². The summed E-state index contributed by atoms with van der Waals surface area (Å²) in [5, 5.41) is 6.70. The summed E-state index contributed by atoms with van der Waals surface area (Å²) in [7, 11) is 0. The van der Waals surface area contributed by atoms with Gasteiger partial charge in [0.2, 0.25) is 0 Å². The van der Waals surface area contributed by atoms with Crippen molar-refractivity contribution in [2.45, 2.75) is 6.92 Å². The molecule has 0 aliphatic heterocycles. The third-order valence-electron chi connectivity index (χ3n) is 2.83. The Labute approximate surface area is 142 Å². The molecule has 0 fully saturated rings. The van der Waals surface area contributed by atoms with E-state index in [1.54, 1.807) is 24.3 Å². The van der Waals surface area contributed by atoms with Crippen molar-refractivity contribution in [3.8, 4) is 0 Å². The second-order valence-electron chi connectivity index (χ2n) is 4.41. The van der Waals surface area contributed by atoms with Crippen LogP contribution in [0.4, 0.5) is 17.1 Å². The number of nitrogens with two attached hydrogens (primary N) is 1. The lowest BCUT2D eigenvalue weighted by molar-refractivity contribution is 0.0956. The molecule has 2 aromatic carbocycles. The van der Waals surface area contributed by atoms with Crippen LogP contribution >= 0.6 is 34.2 Å². The molecule has 1 amide bonds. The van der Waals surface area contributed by atoms with Gasteiger partial charge in [0, 0.05) is 20.8 Å². The fraction of sp³-hybridized carbons (Fsp3) is 0.133. The van der Waals surface area contributed by atoms with Crippen molar-refractivity contribution >= 4 is 57.2 Å². The largest absolute Gasteiger partial charge is 0.399 e. The normalized spacial score (nSPS) is 10.2. The molecule has 0 aliphatic carbocycles. The van der Waals surface area contributed by atoms with Crippen LogP contribution in [0.1, 0.15) is 17.3 Å². The minimum atomic E-state index is -0.135. The number of rotatable bonds is 4. The number of carbonyl (C=O) groups excluding carboxylic acids is 1. The third kappa shape index (κ3) is 4.01. The van der Waals surface area contributed by atoms with Gasteiger partial charge < -0.3 is 16.4 Å². The number of amides is 1. The minimum Gasteiger partial charge on any atom is -0.399 e. The highest BCUT2D eigenvalue weighted by Crippen LogP contribution is 2.28. The van der Waals surface area contributed by atoms with E-state index in [0.29, 0.717) is 28.5 Å². The first-order valence-corrected chi connectivity index (χ1v) is 7.86. The molecule has 21 heavy (non-hydrogen) atoms. The summed E-state index contributed by atoms with van der Waals surface area (Å²) >= 11 is 8.14. The molecule has 2 rings (SSSR count). The number of anilines is 3. The van der Waals surface area contributed by atoms with E-state index in [9.17, 15) is 4.79 Å². The lowest BCUT2D eigenvalue weighted by atomic mass is 10.1. The average Bonchev–Trinajstić information content (AvgIpc) is 2.42. The zero-order chi connectivity index (χ0) is 15.4. The Hall–Kier alpha value is -1.47. The van der Waals surface area contributed by atoms with Crippen LogP contribution in [0.3, 0.4) is 0 Å². The Kier molecular flexibility index (Phi) is 5.30. The van der Waals surface area contributed by atoms with Gasteiger partial charge in [0.25, 0.3) is 5.91 Å². The van der Waals surface area contributed by atoms with Gasteiger partial charge in [-0.15, -0.1) is 0 Å². The van der Waals surface area contributed by atoms with E-state index in [2.05, 4.69) is 33.2 Å². The first kappa shape index (κ1) is 15.9. The summed E-state index contributed by atoms with van der Waals surface area (Å²) in [6.45, 7) is 2.45. The zero-order valence-corrected chi connectivity index (χ0v) is 14.3. The van der Waals surface area contributed by atoms with Crippen molar-refractivity contribution in [2.75, 3.05) is 17.6 Å². The summed E-state index contributed by atoms with van der Waals surface area (Å²) < 4.78 is 0.962. The van der Waals surface area contributed by atoms with Crippen LogP contribution in [0.15, 0.2) is 36.4 Å². The van der Waals surface area contributed by atoms with Gasteiger partial charge in [-0.05, 0) is 65.9 Å². The molecule has 0 heterocycles. The van der Waals surface area contributed by atoms with Crippen molar-refractivity contribution in [3.05, 3.63) is 50.6 Å². The highest BCUT2D eigenvalue weighted by atomic mass is 127. The summed E-state index contributed by atoms with van der Waals surface area (Å²) in [4.78, 5) is 12.1. The Morgan fingerprint density at radius 3 is 2.67 bits per heavy atom. The summed E-state index contributed by atoms with van der Waals surface area (Å²) in [6, 6.07) is 10.7. The molecule has 0 radical (unpaired) electrons. The second-order valence-corrected chi connectivity index (χ2v) is 6.01. The van der Waals surface area contributed by atoms with Crippen molar-refractivity contribution in [1.82, 2.24) is 5.32 Å². The Morgan fingerprint density at radius 1 is 1.24 bits per heavy atom. The monoisotopic (exact) mass is 415 g/mol. The number of carbonyl (C=O) groups is 1. The molecular formula is C15H15ClIN3O. The number of benzene rings is 2. The van der Waals surface area contributed by atoms with E-state index in [-0.39, 0.29) is 5.91 Å². The van der Waals surface area contributed by atoms with E-state index in [1.807, 2.05) is 19.1 Å². The maximum absolute atomic E-state index is 12.1. The van der Waals surface area contributed by atoms with Crippen molar-refractivity contribution in [3.63, 3.8) is 0 Å². The molecule has 0 aromatic heterocycles. The number of nitrogen functional groups attached to an aromatic ring is 1. The van der Waals surface area contributed by atoms with E-state index in [4.69, 9.17) is 17.3 Å². The lowest BCUT2D eigenvalue weighted by Gasteiger charge is -2.14. The van der Waals surface area contributed by atoms with Crippen LogP contribution in [-0.4, -0.2) is 12.5 Å². The van der Waals surface area contributed by atoms with Gasteiger partial charge in [0.1, 0.15) is 0 Å². The zero-order valence-electron chi connectivity index (χ0n) is 11.4. The number of nitrogens with one attached hydrogen (secondary N) is 2. The van der Waals surface area contributed by atoms with E-state index in [1.165, 1.54) is 0 Å². The van der Waals surface area contributed by atoms with Gasteiger partial charge in [0.15, 0.2) is 0 Å². The van der Waals surface area contributed by atoms with Gasteiger partial charge in [-0.2, -0.15) is 0 Å². The Morgan fingerprint density at radius 2 is 2.00 bits per heavy atom. The molecule has 0 saturated carbocycles. The van der Waals surface area contributed by atoms with Gasteiger partial charge in [-0.25, -0.2) is 0 Å². The number of halogens is 2. The Bertz CT molecular complexity index is 676. The van der Waals surface area contributed by atoms with E-state index in [0.717, 1.165) is 9.26 Å². The fourth-order valence-corrected chi connectivity index (χ4v) is 2.86. The maximum atomic E-state index is 12.1. The van der Waals surface area contributed by atoms with Crippen LogP contribution in [0, 0.1) is 3.57 Å². The minimum absolute atomic E-state index is 0.135. The number of hydrogen-bond donors (Lipinski definition) is 3. The highest BCUT2D eigenvalue weighted by molar-refractivity contribution is 14.1. The van der Waals surface area contributed by atoms with Crippen molar-refractivity contribution in [2.24, 2.45) is 0 Å². The van der Waals surface area contributed by atoms with Crippen LogP contribution in [0.25, 0.3) is 0 Å². The SMILES string of the molecule is CCNC(=O)c1ccc(N)cc1Nc1ccc(Cl)cc1I. The summed E-state index contributed by atoms with van der Waals surface area (Å²) in [5.74, 6) is -0.135. The van der Waals surface area contributed by atoms with Crippen LogP contribution in [-0.2, 0) is 0 Å². The van der Waals surface area contributed by atoms with Gasteiger partial charge in [0.05, 0.1) is 16.9 Å². The smallest absolute Gasteiger partial charge is 0.253 e. The van der Waals surface area contributed by atoms with Gasteiger partial charge >= 0.3 is 0 Å². The van der Waals surface area contributed by atoms with E-state index >= 15 is 0 Å². The van der Waals surface area contributed by atoms with E-state index < -0.39 is 0 Å². The van der Waals surface area contributed by atoms with Crippen LogP contribution in [0.2, 0.25) is 5.02 Å². The molecule has 6 heteroatoms. The highest BCUT2D eigenvalue weighted by Gasteiger charge is 2.12. The van der Waals surface area contributed by atoms with Gasteiger partial charge in [-0.3, -0.25) is 4.79 Å². The molecule has 0 spiro atoms. The predicted molar refractivity (Wildman–Crippen MR) is 96.3 cm³/mol. The van der Waals surface area contributed by atoms with Crippen molar-refractivity contribution in [1.29, 1.82) is 0 Å². The molecule has 2 aromatic rings. The molecular weight excluding hydrogens is 401 g/mol. The number of hydrogen-bond acceptors (Lipinski definition) is 3. The second kappa shape index (κ2) is 7.00. The predicted octanol–water partition coefficient (Wildman–Crippen LogP) is 4.02. The molecule has 0 saturated heterocycles. The first-order valence-electron chi connectivity index (χ1n) is 6.41. The molecule has 0 atom stereocenters. The third-order valence-corrected chi connectivity index (χ3v) is 3.95. The maximum Gasteiger partial charge on any atom is 0.253 e. The lowest BCUT2D eigenvalue weighted by Crippen LogP contribution is -2.23. The first-order chi connectivity index (χ1) is 10.0. The van der Waals surface area contributed by atoms with Crippen LogP contribution < -0.4 is 16.4 Å². The molecule has 0 unspecified atom stereocenters. The summed E-state index contributed by atoms with van der Waals surface area (Å²) in [5.41, 5.74) is 8.51. The average molecular weight is 416 g/mol. The molecule has 4 N–H and O–H groups in total. The Balaban J connectivity index is 2.38. The fourth-order valence-electron chi connectivity index (χ4n) is 1.86. The molecule has 0 aliphatic rings. The standard InChI is InChI=1S/C15H15ClIN3O/c1-2-19-15(21)11-5-4-10(18)8-14(11)20-13-6-3-9(16)7-12(13)17/h3-8,20H,2,18H2,1H3,(H,19,21). The quantitative estimate of drug-likeness (QED) is 0.522. The molecule has 110 valence electrons. The topological polar surface area (TPSA) is 67.2 Å². The molecule has 0 bridgehead atoms. The van der Waals surface area contributed by atoms with Gasteiger partial charge in [-0.1, -0.05) is 11.6 Å².